The summed E-state index contributed by atoms with van der Waals surface area (Å²) in [6, 6.07) is 10.1. The van der Waals surface area contributed by atoms with Crippen LogP contribution in [-0.4, -0.2) is 18.5 Å². The monoisotopic (exact) mass is 260 g/mol. The van der Waals surface area contributed by atoms with Gasteiger partial charge in [0.05, 0.1) is 6.54 Å². The van der Waals surface area contributed by atoms with Gasteiger partial charge in [-0.25, -0.2) is 0 Å². The van der Waals surface area contributed by atoms with E-state index in [0.717, 1.165) is 12.1 Å². The number of nitrogens with one attached hydrogen (secondary N) is 2. The number of carbonyl (C=O) groups excluding carboxylic acids is 1. The van der Waals surface area contributed by atoms with Gasteiger partial charge in [0.2, 0.25) is 5.91 Å². The SMILES string of the molecule is CC1(C)CCCCC1NC(=O)CNc1ccccc1. The quantitative estimate of drug-likeness (QED) is 0.873. The van der Waals surface area contributed by atoms with E-state index in [-0.39, 0.29) is 11.3 Å². The van der Waals surface area contributed by atoms with Crippen molar-refractivity contribution in [1.82, 2.24) is 5.32 Å². The molecule has 104 valence electrons. The minimum Gasteiger partial charge on any atom is -0.376 e. The summed E-state index contributed by atoms with van der Waals surface area (Å²) >= 11 is 0. The molecule has 19 heavy (non-hydrogen) atoms. The third-order valence-corrected chi connectivity index (χ3v) is 4.07. The molecule has 0 aliphatic heterocycles. The Hall–Kier alpha value is -1.51. The second-order valence-corrected chi connectivity index (χ2v) is 6.07. The van der Waals surface area contributed by atoms with E-state index in [1.165, 1.54) is 19.3 Å². The van der Waals surface area contributed by atoms with Crippen LogP contribution in [0, 0.1) is 5.41 Å². The first-order valence-electron chi connectivity index (χ1n) is 7.16. The number of anilines is 1. The van der Waals surface area contributed by atoms with Gasteiger partial charge < -0.3 is 10.6 Å². The molecule has 0 spiro atoms. The second kappa shape index (κ2) is 6.09. The van der Waals surface area contributed by atoms with E-state index < -0.39 is 0 Å². The molecule has 1 amide bonds. The molecule has 0 radical (unpaired) electrons. The fraction of sp³-hybridized carbons (Fsp3) is 0.562. The van der Waals surface area contributed by atoms with Crippen molar-refractivity contribution in [2.75, 3.05) is 11.9 Å². The third-order valence-electron chi connectivity index (χ3n) is 4.07. The Morgan fingerprint density at radius 3 is 2.68 bits per heavy atom. The lowest BCUT2D eigenvalue weighted by atomic mass is 9.73. The summed E-state index contributed by atoms with van der Waals surface area (Å²) < 4.78 is 0. The molecule has 2 N–H and O–H groups in total. The van der Waals surface area contributed by atoms with E-state index in [2.05, 4.69) is 24.5 Å². The maximum atomic E-state index is 12.0. The molecular weight excluding hydrogens is 236 g/mol. The van der Waals surface area contributed by atoms with Crippen LogP contribution in [0.1, 0.15) is 39.5 Å². The Balaban J connectivity index is 1.81. The van der Waals surface area contributed by atoms with E-state index in [0.29, 0.717) is 12.6 Å². The number of hydrogen-bond donors (Lipinski definition) is 2. The van der Waals surface area contributed by atoms with Gasteiger partial charge in [-0.05, 0) is 30.4 Å². The van der Waals surface area contributed by atoms with Gasteiger partial charge in [-0.1, -0.05) is 44.9 Å². The van der Waals surface area contributed by atoms with E-state index in [4.69, 9.17) is 0 Å². The lowest BCUT2D eigenvalue weighted by Crippen LogP contribution is -2.48. The molecule has 1 saturated carbocycles. The van der Waals surface area contributed by atoms with Gasteiger partial charge in [-0.2, -0.15) is 0 Å². The van der Waals surface area contributed by atoms with Crippen LogP contribution in [0.2, 0.25) is 0 Å². The maximum absolute atomic E-state index is 12.0. The predicted molar refractivity (Wildman–Crippen MR) is 79.1 cm³/mol. The van der Waals surface area contributed by atoms with Crippen LogP contribution in [0.5, 0.6) is 0 Å². The number of hydrogen-bond acceptors (Lipinski definition) is 2. The molecule has 3 heteroatoms. The Morgan fingerprint density at radius 1 is 1.26 bits per heavy atom. The highest BCUT2D eigenvalue weighted by Crippen LogP contribution is 2.35. The van der Waals surface area contributed by atoms with Crippen molar-refractivity contribution in [3.63, 3.8) is 0 Å². The van der Waals surface area contributed by atoms with Crippen LogP contribution in [0.25, 0.3) is 0 Å². The summed E-state index contributed by atoms with van der Waals surface area (Å²) in [5.74, 6) is 0.0869. The largest absolute Gasteiger partial charge is 0.376 e. The van der Waals surface area contributed by atoms with Gasteiger partial charge in [0, 0.05) is 11.7 Å². The first kappa shape index (κ1) is 13.9. The third kappa shape index (κ3) is 3.98. The Bertz CT molecular complexity index is 414. The van der Waals surface area contributed by atoms with Crippen molar-refractivity contribution in [1.29, 1.82) is 0 Å². The van der Waals surface area contributed by atoms with E-state index >= 15 is 0 Å². The number of benzene rings is 1. The van der Waals surface area contributed by atoms with Crippen molar-refractivity contribution >= 4 is 11.6 Å². The molecule has 0 bridgehead atoms. The van der Waals surface area contributed by atoms with Crippen molar-refractivity contribution in [2.24, 2.45) is 5.41 Å². The van der Waals surface area contributed by atoms with E-state index in [9.17, 15) is 4.79 Å². The minimum atomic E-state index is 0.0869. The normalized spacial score (nSPS) is 21.7. The zero-order valence-electron chi connectivity index (χ0n) is 11.9. The standard InChI is InChI=1S/C16H24N2O/c1-16(2)11-7-6-10-14(16)18-15(19)12-17-13-8-4-3-5-9-13/h3-5,8-9,14,17H,6-7,10-12H2,1-2H3,(H,18,19). The Kier molecular flexibility index (Phi) is 4.46. The van der Waals surface area contributed by atoms with Gasteiger partial charge >= 0.3 is 0 Å². The Morgan fingerprint density at radius 2 is 2.00 bits per heavy atom. The predicted octanol–water partition coefficient (Wildman–Crippen LogP) is 3.18. The molecule has 1 aromatic carbocycles. The van der Waals surface area contributed by atoms with Crippen LogP contribution in [0.4, 0.5) is 5.69 Å². The second-order valence-electron chi connectivity index (χ2n) is 6.07. The molecule has 1 aliphatic rings. The molecule has 1 fully saturated rings. The minimum absolute atomic E-state index is 0.0869. The molecular formula is C16H24N2O. The number of rotatable bonds is 4. The van der Waals surface area contributed by atoms with Crippen LogP contribution in [0.3, 0.4) is 0 Å². The van der Waals surface area contributed by atoms with Gasteiger partial charge in [0.15, 0.2) is 0 Å². The molecule has 2 rings (SSSR count). The highest BCUT2D eigenvalue weighted by atomic mass is 16.2. The highest BCUT2D eigenvalue weighted by Gasteiger charge is 2.32. The molecule has 0 aromatic heterocycles. The molecule has 1 unspecified atom stereocenters. The number of para-hydroxylation sites is 1. The molecule has 1 aromatic rings. The van der Waals surface area contributed by atoms with Crippen LogP contribution >= 0.6 is 0 Å². The average molecular weight is 260 g/mol. The first-order chi connectivity index (χ1) is 9.08. The summed E-state index contributed by atoms with van der Waals surface area (Å²) in [5, 5.41) is 6.33. The fourth-order valence-electron chi connectivity index (χ4n) is 2.75. The van der Waals surface area contributed by atoms with Gasteiger partial charge in [-0.3, -0.25) is 4.79 Å². The van der Waals surface area contributed by atoms with Crippen LogP contribution in [-0.2, 0) is 4.79 Å². The zero-order chi connectivity index (χ0) is 13.7. The lowest BCUT2D eigenvalue weighted by Gasteiger charge is -2.39. The average Bonchev–Trinajstić information content (AvgIpc) is 2.40. The Labute approximate surface area is 115 Å². The van der Waals surface area contributed by atoms with Crippen molar-refractivity contribution in [3.8, 4) is 0 Å². The number of carbonyl (C=O) groups is 1. The van der Waals surface area contributed by atoms with E-state index in [1.807, 2.05) is 30.3 Å². The summed E-state index contributed by atoms with van der Waals surface area (Å²) in [7, 11) is 0. The highest BCUT2D eigenvalue weighted by molar-refractivity contribution is 5.81. The summed E-state index contributed by atoms with van der Waals surface area (Å²) in [6.45, 7) is 4.85. The topological polar surface area (TPSA) is 41.1 Å². The molecule has 0 heterocycles. The lowest BCUT2D eigenvalue weighted by molar-refractivity contribution is -0.121. The zero-order valence-corrected chi connectivity index (χ0v) is 11.9. The van der Waals surface area contributed by atoms with Gasteiger partial charge in [0.25, 0.3) is 0 Å². The molecule has 0 saturated heterocycles. The molecule has 1 aliphatic carbocycles. The van der Waals surface area contributed by atoms with E-state index in [1.54, 1.807) is 0 Å². The first-order valence-corrected chi connectivity index (χ1v) is 7.16. The molecule has 1 atom stereocenters. The van der Waals surface area contributed by atoms with Crippen molar-refractivity contribution in [2.45, 2.75) is 45.6 Å². The van der Waals surface area contributed by atoms with Gasteiger partial charge in [-0.15, -0.1) is 0 Å². The van der Waals surface area contributed by atoms with Crippen molar-refractivity contribution in [3.05, 3.63) is 30.3 Å². The smallest absolute Gasteiger partial charge is 0.239 e. The van der Waals surface area contributed by atoms with Crippen LogP contribution < -0.4 is 10.6 Å². The fourth-order valence-corrected chi connectivity index (χ4v) is 2.75. The van der Waals surface area contributed by atoms with Gasteiger partial charge in [0.1, 0.15) is 0 Å². The number of amides is 1. The van der Waals surface area contributed by atoms with Crippen LogP contribution in [0.15, 0.2) is 30.3 Å². The summed E-state index contributed by atoms with van der Waals surface area (Å²) in [4.78, 5) is 12.0. The maximum Gasteiger partial charge on any atom is 0.239 e. The summed E-state index contributed by atoms with van der Waals surface area (Å²) in [6.07, 6.45) is 4.80. The summed E-state index contributed by atoms with van der Waals surface area (Å²) in [5.41, 5.74) is 1.21. The van der Waals surface area contributed by atoms with Crippen molar-refractivity contribution < 1.29 is 4.79 Å². The molecule has 3 nitrogen and oxygen atoms in total.